The lowest BCUT2D eigenvalue weighted by Gasteiger charge is -2.12. The Hall–Kier alpha value is -2.96. The van der Waals surface area contributed by atoms with Gasteiger partial charge in [-0.15, -0.1) is 0 Å². The fourth-order valence-electron chi connectivity index (χ4n) is 1.98. The molecule has 0 radical (unpaired) electrons. The Morgan fingerprint density at radius 2 is 1.72 bits per heavy atom. The van der Waals surface area contributed by atoms with E-state index in [1.807, 2.05) is 6.92 Å². The second kappa shape index (κ2) is 10.0. The van der Waals surface area contributed by atoms with Crippen molar-refractivity contribution >= 4 is 18.3 Å². The van der Waals surface area contributed by atoms with Crippen molar-refractivity contribution < 1.29 is 28.8 Å². The molecule has 1 N–H and O–H groups in total. The van der Waals surface area contributed by atoms with E-state index in [0.717, 1.165) is 0 Å². The van der Waals surface area contributed by atoms with Crippen LogP contribution in [0.15, 0.2) is 34.5 Å². The molecule has 0 spiro atoms. The van der Waals surface area contributed by atoms with Crippen LogP contribution in [0.5, 0.6) is 17.2 Å². The molecule has 0 fully saturated rings. The van der Waals surface area contributed by atoms with Gasteiger partial charge in [-0.25, -0.2) is 4.79 Å². The first kappa shape index (κ1) is 20.1. The van der Waals surface area contributed by atoms with Crippen LogP contribution in [0, 0.1) is 0 Å². The molecule has 1 aromatic rings. The van der Waals surface area contributed by atoms with Gasteiger partial charge in [0.15, 0.2) is 11.5 Å². The number of aliphatic hydroxyl groups is 1. The SMILES string of the molecule is CCN=C/C(C(=O)OC)=C(\O)C=Cc1cc(OC)c(OC)c(OC)c1. The van der Waals surface area contributed by atoms with Crippen LogP contribution in [0.4, 0.5) is 0 Å². The molecule has 0 atom stereocenters. The average Bonchev–Trinajstić information content (AvgIpc) is 2.65. The Labute approximate surface area is 147 Å². The number of methoxy groups -OCH3 is 4. The monoisotopic (exact) mass is 349 g/mol. The number of hydrogen-bond acceptors (Lipinski definition) is 7. The first-order chi connectivity index (χ1) is 12.0. The van der Waals surface area contributed by atoms with E-state index in [4.69, 9.17) is 14.2 Å². The van der Waals surface area contributed by atoms with Crippen LogP contribution in [0.25, 0.3) is 6.08 Å². The maximum absolute atomic E-state index is 11.7. The predicted octanol–water partition coefficient (Wildman–Crippen LogP) is 2.80. The van der Waals surface area contributed by atoms with Crippen molar-refractivity contribution in [1.29, 1.82) is 0 Å². The fourth-order valence-corrected chi connectivity index (χ4v) is 1.98. The Balaban J connectivity index is 3.28. The highest BCUT2D eigenvalue weighted by atomic mass is 16.5. The van der Waals surface area contributed by atoms with Gasteiger partial charge < -0.3 is 24.1 Å². The van der Waals surface area contributed by atoms with E-state index < -0.39 is 5.97 Å². The van der Waals surface area contributed by atoms with Gasteiger partial charge in [0.1, 0.15) is 11.3 Å². The van der Waals surface area contributed by atoms with Crippen LogP contribution in [-0.4, -0.2) is 52.3 Å². The van der Waals surface area contributed by atoms with Gasteiger partial charge in [0.05, 0.1) is 28.4 Å². The molecule has 136 valence electrons. The first-order valence-corrected chi connectivity index (χ1v) is 7.51. The van der Waals surface area contributed by atoms with E-state index in [9.17, 15) is 9.90 Å². The summed E-state index contributed by atoms with van der Waals surface area (Å²) in [5.74, 6) is 0.477. The molecule has 1 aromatic carbocycles. The van der Waals surface area contributed by atoms with Gasteiger partial charge in [-0.1, -0.05) is 6.08 Å². The molecule has 0 saturated heterocycles. The highest BCUT2D eigenvalue weighted by Gasteiger charge is 2.14. The number of nitrogens with zero attached hydrogens (tertiary/aromatic N) is 1. The van der Waals surface area contributed by atoms with Crippen molar-refractivity contribution in [3.63, 3.8) is 0 Å². The molecule has 0 aliphatic heterocycles. The van der Waals surface area contributed by atoms with Crippen molar-refractivity contribution in [3.05, 3.63) is 35.1 Å². The van der Waals surface area contributed by atoms with Crippen LogP contribution in [0.2, 0.25) is 0 Å². The van der Waals surface area contributed by atoms with Gasteiger partial charge in [0.2, 0.25) is 5.75 Å². The summed E-state index contributed by atoms with van der Waals surface area (Å²) >= 11 is 0. The van der Waals surface area contributed by atoms with E-state index in [1.165, 1.54) is 40.7 Å². The molecule has 7 nitrogen and oxygen atoms in total. The number of aliphatic imine (C=N–C) groups is 1. The normalized spacial score (nSPS) is 12.2. The van der Waals surface area contributed by atoms with Gasteiger partial charge in [-0.3, -0.25) is 4.99 Å². The number of esters is 1. The first-order valence-electron chi connectivity index (χ1n) is 7.51. The second-order valence-corrected chi connectivity index (χ2v) is 4.71. The third kappa shape index (κ3) is 5.27. The number of carbonyl (C=O) groups is 1. The number of allylic oxidation sites excluding steroid dienone is 1. The Bertz CT molecular complexity index is 666. The Morgan fingerprint density at radius 1 is 1.12 bits per heavy atom. The van der Waals surface area contributed by atoms with Gasteiger partial charge in [-0.2, -0.15) is 0 Å². The number of carbonyl (C=O) groups excluding carboxylic acids is 1. The summed E-state index contributed by atoms with van der Waals surface area (Å²) in [6, 6.07) is 3.42. The summed E-state index contributed by atoms with van der Waals surface area (Å²) in [6.45, 7) is 2.29. The predicted molar refractivity (Wildman–Crippen MR) is 95.8 cm³/mol. The number of ether oxygens (including phenoxy) is 4. The molecule has 0 heterocycles. The Morgan fingerprint density at radius 3 is 2.16 bits per heavy atom. The summed E-state index contributed by atoms with van der Waals surface area (Å²) in [5.41, 5.74) is 0.644. The highest BCUT2D eigenvalue weighted by Crippen LogP contribution is 2.38. The molecule has 1 rings (SSSR count). The van der Waals surface area contributed by atoms with Crippen molar-refractivity contribution in [2.24, 2.45) is 4.99 Å². The summed E-state index contributed by atoms with van der Waals surface area (Å²) in [4.78, 5) is 15.7. The minimum Gasteiger partial charge on any atom is -0.507 e. The lowest BCUT2D eigenvalue weighted by molar-refractivity contribution is -0.135. The van der Waals surface area contributed by atoms with Crippen LogP contribution >= 0.6 is 0 Å². The molecule has 0 amide bonds. The van der Waals surface area contributed by atoms with E-state index in [0.29, 0.717) is 29.4 Å². The standard InChI is InChI=1S/C18H23NO6/c1-6-19-11-13(18(21)25-5)14(20)8-7-12-9-15(22-2)17(24-4)16(10-12)23-3/h7-11,20H,6H2,1-5H3/b8-7?,14-13+,19-11?. The molecule has 25 heavy (non-hydrogen) atoms. The van der Waals surface area contributed by atoms with Gasteiger partial charge in [0.25, 0.3) is 0 Å². The highest BCUT2D eigenvalue weighted by molar-refractivity contribution is 6.10. The van der Waals surface area contributed by atoms with Crippen LogP contribution in [0.3, 0.4) is 0 Å². The van der Waals surface area contributed by atoms with Crippen molar-refractivity contribution in [2.75, 3.05) is 35.0 Å². The maximum atomic E-state index is 11.7. The molecule has 0 aliphatic rings. The second-order valence-electron chi connectivity index (χ2n) is 4.71. The number of aliphatic hydroxyl groups excluding tert-OH is 1. The van der Waals surface area contributed by atoms with Crippen LogP contribution in [-0.2, 0) is 9.53 Å². The third-order valence-electron chi connectivity index (χ3n) is 3.20. The molecular weight excluding hydrogens is 326 g/mol. The largest absolute Gasteiger partial charge is 0.507 e. The molecule has 0 aromatic heterocycles. The van der Waals surface area contributed by atoms with E-state index in [1.54, 1.807) is 18.2 Å². The van der Waals surface area contributed by atoms with Gasteiger partial charge in [0, 0.05) is 12.8 Å². The van der Waals surface area contributed by atoms with E-state index in [2.05, 4.69) is 9.73 Å². The molecule has 7 heteroatoms. The van der Waals surface area contributed by atoms with Crippen LogP contribution in [0.1, 0.15) is 12.5 Å². The minimum atomic E-state index is -0.677. The third-order valence-corrected chi connectivity index (χ3v) is 3.20. The van der Waals surface area contributed by atoms with Crippen molar-refractivity contribution in [1.82, 2.24) is 0 Å². The van der Waals surface area contributed by atoms with Crippen molar-refractivity contribution in [2.45, 2.75) is 6.92 Å². The smallest absolute Gasteiger partial charge is 0.343 e. The zero-order valence-corrected chi connectivity index (χ0v) is 15.0. The van der Waals surface area contributed by atoms with Gasteiger partial charge in [-0.05, 0) is 30.7 Å². The van der Waals surface area contributed by atoms with E-state index >= 15 is 0 Å². The topological polar surface area (TPSA) is 86.6 Å². The fraction of sp³-hybridized carbons (Fsp3) is 0.333. The average molecular weight is 349 g/mol. The van der Waals surface area contributed by atoms with Gasteiger partial charge >= 0.3 is 5.97 Å². The van der Waals surface area contributed by atoms with Crippen LogP contribution < -0.4 is 14.2 Å². The lowest BCUT2D eigenvalue weighted by Crippen LogP contribution is -2.08. The number of hydrogen-bond donors (Lipinski definition) is 1. The zero-order chi connectivity index (χ0) is 18.8. The minimum absolute atomic E-state index is 0.0342. The quantitative estimate of drug-likeness (QED) is 0.255. The summed E-state index contributed by atoms with van der Waals surface area (Å²) in [7, 11) is 5.77. The zero-order valence-electron chi connectivity index (χ0n) is 15.0. The van der Waals surface area contributed by atoms with E-state index in [-0.39, 0.29) is 11.3 Å². The molecular formula is C18H23NO6. The summed E-state index contributed by atoms with van der Waals surface area (Å²) in [6.07, 6.45) is 4.25. The lowest BCUT2D eigenvalue weighted by atomic mass is 10.1. The van der Waals surface area contributed by atoms with Crippen molar-refractivity contribution in [3.8, 4) is 17.2 Å². The number of benzene rings is 1. The summed E-state index contributed by atoms with van der Waals surface area (Å²) in [5, 5.41) is 10.2. The summed E-state index contributed by atoms with van der Waals surface area (Å²) < 4.78 is 20.5. The maximum Gasteiger partial charge on any atom is 0.343 e. The Kier molecular flexibility index (Phi) is 8.05. The molecule has 0 aliphatic carbocycles. The molecule has 0 unspecified atom stereocenters. The molecule has 0 saturated carbocycles. The molecule has 0 bridgehead atoms. The number of rotatable bonds is 8.